The summed E-state index contributed by atoms with van der Waals surface area (Å²) in [5.41, 5.74) is 4.93. The SMILES string of the molecule is O=C(c1cnc(N2CCOCC2)nc1)N1CCc2[nH]nc(-c3ccccc3)c2CC1. The van der Waals surface area contributed by atoms with Gasteiger partial charge in [-0.25, -0.2) is 9.97 Å². The number of aromatic nitrogens is 4. The predicted molar refractivity (Wildman–Crippen MR) is 112 cm³/mol. The van der Waals surface area contributed by atoms with Gasteiger partial charge in [-0.3, -0.25) is 9.89 Å². The summed E-state index contributed by atoms with van der Waals surface area (Å²) >= 11 is 0. The van der Waals surface area contributed by atoms with Gasteiger partial charge in [-0.1, -0.05) is 30.3 Å². The van der Waals surface area contributed by atoms with Gasteiger partial charge >= 0.3 is 0 Å². The van der Waals surface area contributed by atoms with Gasteiger partial charge in [-0.15, -0.1) is 0 Å². The van der Waals surface area contributed by atoms with Crippen LogP contribution in [0.15, 0.2) is 42.7 Å². The maximum atomic E-state index is 13.1. The van der Waals surface area contributed by atoms with Crippen molar-refractivity contribution in [3.63, 3.8) is 0 Å². The van der Waals surface area contributed by atoms with Crippen LogP contribution < -0.4 is 4.90 Å². The Morgan fingerprint density at radius 1 is 0.967 bits per heavy atom. The third kappa shape index (κ3) is 3.66. The van der Waals surface area contributed by atoms with Gasteiger partial charge in [0.25, 0.3) is 5.91 Å². The molecule has 2 aliphatic rings. The van der Waals surface area contributed by atoms with E-state index in [1.54, 1.807) is 12.4 Å². The number of nitrogens with zero attached hydrogens (tertiary/aromatic N) is 5. The first-order valence-corrected chi connectivity index (χ1v) is 10.3. The summed E-state index contributed by atoms with van der Waals surface area (Å²) in [5, 5.41) is 7.71. The summed E-state index contributed by atoms with van der Waals surface area (Å²) < 4.78 is 5.37. The Morgan fingerprint density at radius 3 is 2.47 bits per heavy atom. The van der Waals surface area contributed by atoms with Gasteiger partial charge in [0, 0.05) is 61.8 Å². The van der Waals surface area contributed by atoms with E-state index in [2.05, 4.69) is 37.2 Å². The molecule has 5 rings (SSSR count). The number of ether oxygens (including phenoxy) is 1. The zero-order valence-electron chi connectivity index (χ0n) is 16.8. The average Bonchev–Trinajstić information content (AvgIpc) is 3.11. The van der Waals surface area contributed by atoms with Crippen molar-refractivity contribution < 1.29 is 9.53 Å². The molecule has 0 aliphatic carbocycles. The van der Waals surface area contributed by atoms with Crippen LogP contribution in [0.2, 0.25) is 0 Å². The van der Waals surface area contributed by atoms with Crippen molar-refractivity contribution in [2.24, 2.45) is 0 Å². The largest absolute Gasteiger partial charge is 0.378 e. The highest BCUT2D eigenvalue weighted by molar-refractivity contribution is 5.93. The summed E-state index contributed by atoms with van der Waals surface area (Å²) in [6, 6.07) is 10.2. The summed E-state index contributed by atoms with van der Waals surface area (Å²) in [4.78, 5) is 25.9. The number of H-pyrrole nitrogens is 1. The highest BCUT2D eigenvalue weighted by atomic mass is 16.5. The summed E-state index contributed by atoms with van der Waals surface area (Å²) in [5.74, 6) is 0.627. The molecule has 154 valence electrons. The van der Waals surface area contributed by atoms with E-state index in [-0.39, 0.29) is 5.91 Å². The maximum absolute atomic E-state index is 13.1. The van der Waals surface area contributed by atoms with Gasteiger partial charge < -0.3 is 14.5 Å². The first-order valence-electron chi connectivity index (χ1n) is 10.3. The molecule has 8 heteroatoms. The molecule has 3 aromatic rings. The molecule has 30 heavy (non-hydrogen) atoms. The van der Waals surface area contributed by atoms with Crippen LogP contribution in [-0.4, -0.2) is 70.4 Å². The number of amides is 1. The predicted octanol–water partition coefficient (Wildman–Crippen LogP) is 1.94. The molecule has 0 atom stereocenters. The van der Waals surface area contributed by atoms with E-state index in [9.17, 15) is 4.79 Å². The number of hydrogen-bond acceptors (Lipinski definition) is 6. The van der Waals surface area contributed by atoms with Gasteiger partial charge in [-0.05, 0) is 6.42 Å². The molecule has 0 radical (unpaired) electrons. The minimum atomic E-state index is -0.0251. The number of nitrogens with one attached hydrogen (secondary N) is 1. The molecule has 4 heterocycles. The Labute approximate surface area is 174 Å². The van der Waals surface area contributed by atoms with Gasteiger partial charge in [0.2, 0.25) is 5.95 Å². The molecule has 1 amide bonds. The lowest BCUT2D eigenvalue weighted by Crippen LogP contribution is -2.37. The Morgan fingerprint density at radius 2 is 1.70 bits per heavy atom. The quantitative estimate of drug-likeness (QED) is 0.718. The minimum absolute atomic E-state index is 0.0251. The molecular formula is C22H24N6O2. The second-order valence-electron chi connectivity index (χ2n) is 7.56. The minimum Gasteiger partial charge on any atom is -0.378 e. The number of carbonyl (C=O) groups is 1. The lowest BCUT2D eigenvalue weighted by atomic mass is 10.0. The van der Waals surface area contributed by atoms with Crippen molar-refractivity contribution in [2.75, 3.05) is 44.3 Å². The number of rotatable bonds is 3. The van der Waals surface area contributed by atoms with Crippen molar-refractivity contribution in [1.82, 2.24) is 25.1 Å². The number of carbonyl (C=O) groups excluding carboxylic acids is 1. The molecule has 2 aromatic heterocycles. The lowest BCUT2D eigenvalue weighted by Gasteiger charge is -2.26. The van der Waals surface area contributed by atoms with Crippen LogP contribution in [0.3, 0.4) is 0 Å². The molecule has 8 nitrogen and oxygen atoms in total. The third-order valence-electron chi connectivity index (χ3n) is 5.73. The summed E-state index contributed by atoms with van der Waals surface area (Å²) in [7, 11) is 0. The van der Waals surface area contributed by atoms with Crippen molar-refractivity contribution in [3.8, 4) is 11.3 Å². The standard InChI is InChI=1S/C22H24N6O2/c29-21(17-14-23-22(24-15-17)28-10-12-30-13-11-28)27-8-6-18-19(7-9-27)25-26-20(18)16-4-2-1-3-5-16/h1-5,14-15H,6-13H2,(H,25,26). The number of anilines is 1. The van der Waals surface area contributed by atoms with Crippen LogP contribution in [0.5, 0.6) is 0 Å². The van der Waals surface area contributed by atoms with Crippen molar-refractivity contribution in [3.05, 3.63) is 59.5 Å². The van der Waals surface area contributed by atoms with E-state index in [1.165, 1.54) is 5.56 Å². The molecular weight excluding hydrogens is 380 g/mol. The van der Waals surface area contributed by atoms with Gasteiger partial charge in [0.15, 0.2) is 0 Å². The fourth-order valence-electron chi connectivity index (χ4n) is 4.06. The molecule has 0 unspecified atom stereocenters. The first kappa shape index (κ1) is 18.7. The molecule has 2 aliphatic heterocycles. The molecule has 0 bridgehead atoms. The highest BCUT2D eigenvalue weighted by Crippen LogP contribution is 2.26. The smallest absolute Gasteiger partial charge is 0.257 e. The zero-order valence-corrected chi connectivity index (χ0v) is 16.8. The second-order valence-corrected chi connectivity index (χ2v) is 7.56. The van der Waals surface area contributed by atoms with Gasteiger partial charge in [-0.2, -0.15) is 5.10 Å². The Hall–Kier alpha value is -3.26. The Bertz CT molecular complexity index is 1010. The van der Waals surface area contributed by atoms with Crippen LogP contribution in [0, 0.1) is 0 Å². The number of benzene rings is 1. The van der Waals surface area contributed by atoms with E-state index in [0.29, 0.717) is 37.8 Å². The van der Waals surface area contributed by atoms with E-state index >= 15 is 0 Å². The lowest BCUT2D eigenvalue weighted by molar-refractivity contribution is 0.0762. The summed E-state index contributed by atoms with van der Waals surface area (Å²) in [6.45, 7) is 4.20. The van der Waals surface area contributed by atoms with Gasteiger partial charge in [0.1, 0.15) is 0 Å². The topological polar surface area (TPSA) is 87.2 Å². The second kappa shape index (κ2) is 8.23. The van der Waals surface area contributed by atoms with Crippen LogP contribution in [0.1, 0.15) is 21.6 Å². The Balaban J connectivity index is 1.29. The first-order chi connectivity index (χ1) is 14.8. The van der Waals surface area contributed by atoms with Crippen molar-refractivity contribution in [1.29, 1.82) is 0 Å². The van der Waals surface area contributed by atoms with E-state index < -0.39 is 0 Å². The van der Waals surface area contributed by atoms with Crippen LogP contribution in [0.4, 0.5) is 5.95 Å². The monoisotopic (exact) mass is 404 g/mol. The maximum Gasteiger partial charge on any atom is 0.257 e. The molecule has 1 aromatic carbocycles. The highest BCUT2D eigenvalue weighted by Gasteiger charge is 2.24. The fourth-order valence-corrected chi connectivity index (χ4v) is 4.06. The number of fused-ring (bicyclic) bond motifs is 1. The average molecular weight is 404 g/mol. The third-order valence-corrected chi connectivity index (χ3v) is 5.73. The number of aromatic amines is 1. The van der Waals surface area contributed by atoms with Crippen molar-refractivity contribution >= 4 is 11.9 Å². The number of morpholine rings is 1. The normalized spacial score (nSPS) is 16.8. The van der Waals surface area contributed by atoms with E-state index in [4.69, 9.17) is 4.74 Å². The fraction of sp³-hybridized carbons (Fsp3) is 0.364. The van der Waals surface area contributed by atoms with Gasteiger partial charge in [0.05, 0.1) is 24.5 Å². The molecule has 0 saturated carbocycles. The summed E-state index contributed by atoms with van der Waals surface area (Å²) in [6.07, 6.45) is 4.81. The molecule has 1 saturated heterocycles. The van der Waals surface area contributed by atoms with E-state index in [0.717, 1.165) is 42.9 Å². The molecule has 1 N–H and O–H groups in total. The van der Waals surface area contributed by atoms with Crippen LogP contribution in [-0.2, 0) is 17.6 Å². The molecule has 1 fully saturated rings. The van der Waals surface area contributed by atoms with Crippen molar-refractivity contribution in [2.45, 2.75) is 12.8 Å². The zero-order chi connectivity index (χ0) is 20.3. The van der Waals surface area contributed by atoms with Crippen LogP contribution >= 0.6 is 0 Å². The van der Waals surface area contributed by atoms with E-state index in [1.807, 2.05) is 23.1 Å². The Kier molecular flexibility index (Phi) is 5.15. The molecule has 0 spiro atoms. The van der Waals surface area contributed by atoms with Crippen LogP contribution in [0.25, 0.3) is 11.3 Å². The number of hydrogen-bond donors (Lipinski definition) is 1.